The first-order valence-electron chi connectivity index (χ1n) is 5.98. The van der Waals surface area contributed by atoms with E-state index < -0.39 is 11.6 Å². The van der Waals surface area contributed by atoms with Crippen LogP contribution in [0.25, 0.3) is 0 Å². The highest BCUT2D eigenvalue weighted by Gasteiger charge is 2.06. The third-order valence-electron chi connectivity index (χ3n) is 2.88. The van der Waals surface area contributed by atoms with Gasteiger partial charge in [-0.2, -0.15) is 0 Å². The monoisotopic (exact) mass is 325 g/mol. The summed E-state index contributed by atoms with van der Waals surface area (Å²) in [7, 11) is 0. The van der Waals surface area contributed by atoms with Crippen molar-refractivity contribution < 1.29 is 8.78 Å². The van der Waals surface area contributed by atoms with Gasteiger partial charge in [-0.1, -0.05) is 28.1 Å². The van der Waals surface area contributed by atoms with Crippen molar-refractivity contribution in [2.75, 3.05) is 0 Å². The molecule has 0 aliphatic rings. The minimum Gasteiger partial charge on any atom is -0.306 e. The van der Waals surface area contributed by atoms with E-state index in [1.54, 1.807) is 0 Å². The summed E-state index contributed by atoms with van der Waals surface area (Å²) in [5, 5.41) is 3.24. The van der Waals surface area contributed by atoms with Gasteiger partial charge in [0.1, 0.15) is 11.6 Å². The van der Waals surface area contributed by atoms with Crippen molar-refractivity contribution >= 4 is 15.9 Å². The molecular weight excluding hydrogens is 312 g/mol. The van der Waals surface area contributed by atoms with Crippen LogP contribution in [0.3, 0.4) is 0 Å². The first kappa shape index (κ1) is 14.2. The predicted octanol–water partition coefficient (Wildman–Crippen LogP) is 4.58. The molecular formula is C15H14BrF2N. The van der Waals surface area contributed by atoms with Gasteiger partial charge in [-0.25, -0.2) is 8.78 Å². The lowest BCUT2D eigenvalue weighted by molar-refractivity contribution is 0.554. The minimum atomic E-state index is -0.549. The summed E-state index contributed by atoms with van der Waals surface area (Å²) in [5.41, 5.74) is 1.71. The van der Waals surface area contributed by atoms with E-state index in [0.29, 0.717) is 12.1 Å². The van der Waals surface area contributed by atoms with Crippen LogP contribution in [0.15, 0.2) is 46.9 Å². The number of halogens is 3. The number of hydrogen-bond donors (Lipinski definition) is 1. The van der Waals surface area contributed by atoms with Crippen LogP contribution in [0.2, 0.25) is 0 Å². The molecule has 4 heteroatoms. The second kappa shape index (κ2) is 6.26. The maximum Gasteiger partial charge on any atom is 0.126 e. The van der Waals surface area contributed by atoms with Crippen LogP contribution in [-0.2, 0) is 6.54 Å². The van der Waals surface area contributed by atoms with Gasteiger partial charge < -0.3 is 5.32 Å². The predicted molar refractivity (Wildman–Crippen MR) is 75.8 cm³/mol. The molecule has 0 aliphatic heterocycles. The maximum atomic E-state index is 13.1. The quantitative estimate of drug-likeness (QED) is 0.867. The van der Waals surface area contributed by atoms with E-state index in [4.69, 9.17) is 0 Å². The SMILES string of the molecule is CC(NCc1cc(F)cc(F)c1)c1cccc(Br)c1. The summed E-state index contributed by atoms with van der Waals surface area (Å²) in [5.74, 6) is -1.10. The Hall–Kier alpha value is -1.26. The van der Waals surface area contributed by atoms with Gasteiger partial charge >= 0.3 is 0 Å². The van der Waals surface area contributed by atoms with Crippen molar-refractivity contribution in [1.29, 1.82) is 0 Å². The van der Waals surface area contributed by atoms with E-state index in [9.17, 15) is 8.78 Å². The van der Waals surface area contributed by atoms with Gasteiger partial charge in [0.25, 0.3) is 0 Å². The van der Waals surface area contributed by atoms with Crippen LogP contribution in [-0.4, -0.2) is 0 Å². The van der Waals surface area contributed by atoms with E-state index >= 15 is 0 Å². The molecule has 0 aliphatic carbocycles. The standard InChI is InChI=1S/C15H14BrF2N/c1-10(12-3-2-4-13(16)7-12)19-9-11-5-14(17)8-15(18)6-11/h2-8,10,19H,9H2,1H3. The first-order chi connectivity index (χ1) is 9.04. The van der Waals surface area contributed by atoms with Gasteiger partial charge in [0.05, 0.1) is 0 Å². The molecule has 0 bridgehead atoms. The van der Waals surface area contributed by atoms with Crippen molar-refractivity contribution in [3.05, 3.63) is 69.7 Å². The fourth-order valence-electron chi connectivity index (χ4n) is 1.88. The Labute approximate surface area is 119 Å². The summed E-state index contributed by atoms with van der Waals surface area (Å²) in [4.78, 5) is 0. The van der Waals surface area contributed by atoms with Crippen molar-refractivity contribution in [3.63, 3.8) is 0 Å². The Morgan fingerprint density at radius 3 is 2.42 bits per heavy atom. The van der Waals surface area contributed by atoms with Crippen molar-refractivity contribution in [2.45, 2.75) is 19.5 Å². The zero-order valence-electron chi connectivity index (χ0n) is 10.5. The van der Waals surface area contributed by atoms with E-state index in [0.717, 1.165) is 16.1 Å². The molecule has 19 heavy (non-hydrogen) atoms. The van der Waals surface area contributed by atoms with Crippen molar-refractivity contribution in [3.8, 4) is 0 Å². The highest BCUT2D eigenvalue weighted by atomic mass is 79.9. The molecule has 0 fully saturated rings. The smallest absolute Gasteiger partial charge is 0.126 e. The van der Waals surface area contributed by atoms with Crippen LogP contribution >= 0.6 is 15.9 Å². The Bertz CT molecular complexity index is 552. The topological polar surface area (TPSA) is 12.0 Å². The molecule has 0 saturated carbocycles. The average molecular weight is 326 g/mol. The van der Waals surface area contributed by atoms with E-state index in [1.165, 1.54) is 12.1 Å². The molecule has 0 saturated heterocycles. The summed E-state index contributed by atoms with van der Waals surface area (Å²) < 4.78 is 27.1. The maximum absolute atomic E-state index is 13.1. The van der Waals surface area contributed by atoms with Crippen molar-refractivity contribution in [2.24, 2.45) is 0 Å². The molecule has 0 spiro atoms. The van der Waals surface area contributed by atoms with Gasteiger partial charge in [0.15, 0.2) is 0 Å². The molecule has 0 heterocycles. The summed E-state index contributed by atoms with van der Waals surface area (Å²) in [6, 6.07) is 11.6. The molecule has 2 aromatic carbocycles. The average Bonchev–Trinajstić information content (AvgIpc) is 2.35. The highest BCUT2D eigenvalue weighted by molar-refractivity contribution is 9.10. The number of rotatable bonds is 4. The van der Waals surface area contributed by atoms with Gasteiger partial charge in [0.2, 0.25) is 0 Å². The third-order valence-corrected chi connectivity index (χ3v) is 3.38. The normalized spacial score (nSPS) is 12.4. The van der Waals surface area contributed by atoms with Crippen LogP contribution < -0.4 is 5.32 Å². The second-order valence-electron chi connectivity index (χ2n) is 4.44. The number of nitrogens with one attached hydrogen (secondary N) is 1. The number of hydrogen-bond acceptors (Lipinski definition) is 1. The summed E-state index contributed by atoms with van der Waals surface area (Å²) >= 11 is 3.42. The lowest BCUT2D eigenvalue weighted by atomic mass is 10.1. The fraction of sp³-hybridized carbons (Fsp3) is 0.200. The summed E-state index contributed by atoms with van der Waals surface area (Å²) in [6.07, 6.45) is 0. The Morgan fingerprint density at radius 1 is 1.11 bits per heavy atom. The Morgan fingerprint density at radius 2 is 1.79 bits per heavy atom. The van der Waals surface area contributed by atoms with Gasteiger partial charge in [-0.3, -0.25) is 0 Å². The molecule has 0 aromatic heterocycles. The lowest BCUT2D eigenvalue weighted by Crippen LogP contribution is -2.18. The van der Waals surface area contributed by atoms with Crippen LogP contribution in [0, 0.1) is 11.6 Å². The van der Waals surface area contributed by atoms with E-state index in [-0.39, 0.29) is 6.04 Å². The number of benzene rings is 2. The molecule has 0 amide bonds. The molecule has 1 unspecified atom stereocenters. The molecule has 2 aromatic rings. The Kier molecular flexibility index (Phi) is 4.66. The second-order valence-corrected chi connectivity index (χ2v) is 5.35. The Balaban J connectivity index is 2.02. The van der Waals surface area contributed by atoms with Crippen LogP contribution in [0.1, 0.15) is 24.1 Å². The lowest BCUT2D eigenvalue weighted by Gasteiger charge is -2.14. The molecule has 100 valence electrons. The third kappa shape index (κ3) is 4.11. The zero-order valence-corrected chi connectivity index (χ0v) is 12.0. The molecule has 0 radical (unpaired) electrons. The molecule has 2 rings (SSSR count). The van der Waals surface area contributed by atoms with Gasteiger partial charge in [-0.15, -0.1) is 0 Å². The first-order valence-corrected chi connectivity index (χ1v) is 6.78. The zero-order chi connectivity index (χ0) is 13.8. The van der Waals surface area contributed by atoms with Gasteiger partial charge in [0, 0.05) is 23.1 Å². The largest absolute Gasteiger partial charge is 0.306 e. The minimum absolute atomic E-state index is 0.101. The van der Waals surface area contributed by atoms with Crippen molar-refractivity contribution in [1.82, 2.24) is 5.32 Å². The van der Waals surface area contributed by atoms with Gasteiger partial charge in [-0.05, 0) is 42.3 Å². The van der Waals surface area contributed by atoms with E-state index in [1.807, 2.05) is 31.2 Å². The highest BCUT2D eigenvalue weighted by Crippen LogP contribution is 2.18. The molecule has 1 N–H and O–H groups in total. The molecule has 1 atom stereocenters. The van der Waals surface area contributed by atoms with Crippen LogP contribution in [0.4, 0.5) is 8.78 Å². The molecule has 1 nitrogen and oxygen atoms in total. The van der Waals surface area contributed by atoms with Crippen LogP contribution in [0.5, 0.6) is 0 Å². The van der Waals surface area contributed by atoms with E-state index in [2.05, 4.69) is 21.2 Å². The summed E-state index contributed by atoms with van der Waals surface area (Å²) in [6.45, 7) is 2.43. The fourth-order valence-corrected chi connectivity index (χ4v) is 2.29.